The Bertz CT molecular complexity index is 1080. The van der Waals surface area contributed by atoms with Crippen LogP contribution in [0.15, 0.2) is 53.1 Å². The highest BCUT2D eigenvalue weighted by atomic mass is 16.5. The smallest absolute Gasteiger partial charge is 0.241 e. The van der Waals surface area contributed by atoms with E-state index in [0.717, 1.165) is 37.1 Å². The van der Waals surface area contributed by atoms with E-state index in [2.05, 4.69) is 53.3 Å². The van der Waals surface area contributed by atoms with Gasteiger partial charge in [0.2, 0.25) is 17.6 Å². The van der Waals surface area contributed by atoms with Crippen LogP contribution >= 0.6 is 0 Å². The van der Waals surface area contributed by atoms with Crippen LogP contribution in [0.25, 0.3) is 11.4 Å². The minimum Gasteiger partial charge on any atom is -0.349 e. The summed E-state index contributed by atoms with van der Waals surface area (Å²) in [6.07, 6.45) is 1.67. The maximum atomic E-state index is 13.1. The van der Waals surface area contributed by atoms with Crippen molar-refractivity contribution in [1.29, 1.82) is 0 Å². The van der Waals surface area contributed by atoms with Crippen molar-refractivity contribution >= 4 is 5.91 Å². The number of carbonyl (C=O) groups is 1. The van der Waals surface area contributed by atoms with Crippen molar-refractivity contribution in [3.63, 3.8) is 0 Å². The fourth-order valence-electron chi connectivity index (χ4n) is 4.61. The number of likely N-dealkylation sites (tertiary alicyclic amines) is 1. The summed E-state index contributed by atoms with van der Waals surface area (Å²) in [4.78, 5) is 20.0. The van der Waals surface area contributed by atoms with Gasteiger partial charge in [0, 0.05) is 11.5 Å². The number of hydrogen-bond donors (Lipinski definition) is 1. The zero-order valence-electron chi connectivity index (χ0n) is 20.0. The molecule has 3 aromatic rings. The van der Waals surface area contributed by atoms with Crippen LogP contribution in [0.2, 0.25) is 0 Å². The van der Waals surface area contributed by atoms with Crippen LogP contribution in [0.3, 0.4) is 0 Å². The Morgan fingerprint density at radius 2 is 1.73 bits per heavy atom. The molecule has 0 aliphatic carbocycles. The molecule has 6 nitrogen and oxygen atoms in total. The van der Waals surface area contributed by atoms with Crippen LogP contribution in [0, 0.1) is 25.7 Å². The van der Waals surface area contributed by atoms with Gasteiger partial charge in [0.25, 0.3) is 0 Å². The van der Waals surface area contributed by atoms with Gasteiger partial charge in [-0.15, -0.1) is 0 Å². The number of carbonyl (C=O) groups excluding carboxylic acids is 1. The van der Waals surface area contributed by atoms with Crippen molar-refractivity contribution < 1.29 is 9.32 Å². The lowest BCUT2D eigenvalue weighted by molar-refractivity contribution is -0.127. The molecule has 1 saturated heterocycles. The first-order chi connectivity index (χ1) is 15.9. The van der Waals surface area contributed by atoms with Gasteiger partial charge >= 0.3 is 0 Å². The summed E-state index contributed by atoms with van der Waals surface area (Å²) >= 11 is 0. The van der Waals surface area contributed by atoms with E-state index in [1.165, 1.54) is 11.1 Å². The molecule has 0 saturated carbocycles. The molecule has 0 radical (unpaired) electrons. The third-order valence-electron chi connectivity index (χ3n) is 6.66. The summed E-state index contributed by atoms with van der Waals surface area (Å²) in [5.41, 5.74) is 4.55. The monoisotopic (exact) mass is 446 g/mol. The van der Waals surface area contributed by atoms with Gasteiger partial charge < -0.3 is 9.84 Å². The van der Waals surface area contributed by atoms with Gasteiger partial charge in [0.1, 0.15) is 0 Å². The minimum absolute atomic E-state index is 0.0370. The molecule has 33 heavy (non-hydrogen) atoms. The number of nitrogens with one attached hydrogen (secondary N) is 1. The maximum Gasteiger partial charge on any atom is 0.241 e. The largest absolute Gasteiger partial charge is 0.349 e. The van der Waals surface area contributed by atoms with Crippen molar-refractivity contribution in [3.8, 4) is 11.4 Å². The number of aryl methyl sites for hydroxylation is 2. The summed E-state index contributed by atoms with van der Waals surface area (Å²) in [6.45, 7) is 10.8. The first-order valence-corrected chi connectivity index (χ1v) is 11.9. The van der Waals surface area contributed by atoms with Crippen LogP contribution in [-0.4, -0.2) is 34.0 Å². The van der Waals surface area contributed by atoms with E-state index in [9.17, 15) is 4.79 Å². The Kier molecular flexibility index (Phi) is 7.23. The van der Waals surface area contributed by atoms with Crippen molar-refractivity contribution in [2.45, 2.75) is 53.1 Å². The minimum atomic E-state index is 0.0370. The van der Waals surface area contributed by atoms with Crippen LogP contribution in [0.4, 0.5) is 0 Å². The number of nitrogens with zero attached hydrogens (tertiary/aromatic N) is 3. The molecule has 174 valence electrons. The van der Waals surface area contributed by atoms with E-state index in [0.29, 0.717) is 24.2 Å². The molecule has 1 aliphatic rings. The molecule has 4 rings (SSSR count). The van der Waals surface area contributed by atoms with Gasteiger partial charge in [-0.05, 0) is 62.4 Å². The Morgan fingerprint density at radius 1 is 1.06 bits per heavy atom. The van der Waals surface area contributed by atoms with Crippen LogP contribution < -0.4 is 5.32 Å². The number of rotatable bonds is 7. The van der Waals surface area contributed by atoms with E-state index in [1.807, 2.05) is 43.3 Å². The SMILES string of the molecule is Cc1ccccc1-c1noc(CN2CCC(C(=O)NC(c3ccccc3C)C(C)C)CC2)n1. The van der Waals surface area contributed by atoms with E-state index in [-0.39, 0.29) is 17.9 Å². The summed E-state index contributed by atoms with van der Waals surface area (Å²) in [5, 5.41) is 7.50. The second-order valence-corrected chi connectivity index (χ2v) is 9.46. The standard InChI is InChI=1S/C27H34N4O2/c1-18(2)25(22-11-7-5-9-19(22)3)29-27(32)21-13-15-31(16-14-21)17-24-28-26(30-33-24)23-12-8-6-10-20(23)4/h5-12,18,21,25H,13-17H2,1-4H3,(H,29,32). The average Bonchev–Trinajstić information content (AvgIpc) is 3.26. The molecule has 1 N–H and O–H groups in total. The van der Waals surface area contributed by atoms with Gasteiger partial charge in [-0.25, -0.2) is 0 Å². The molecule has 1 amide bonds. The molecule has 6 heteroatoms. The second-order valence-electron chi connectivity index (χ2n) is 9.46. The first-order valence-electron chi connectivity index (χ1n) is 11.9. The topological polar surface area (TPSA) is 71.3 Å². The Labute approximate surface area is 196 Å². The fourth-order valence-corrected chi connectivity index (χ4v) is 4.61. The highest BCUT2D eigenvalue weighted by Crippen LogP contribution is 2.27. The van der Waals surface area contributed by atoms with E-state index in [4.69, 9.17) is 4.52 Å². The lowest BCUT2D eigenvalue weighted by atomic mass is 9.90. The van der Waals surface area contributed by atoms with Gasteiger partial charge in [0.05, 0.1) is 12.6 Å². The number of amides is 1. The lowest BCUT2D eigenvalue weighted by Gasteiger charge is -2.32. The van der Waals surface area contributed by atoms with Gasteiger partial charge in [-0.1, -0.05) is 67.5 Å². The number of aromatic nitrogens is 2. The highest BCUT2D eigenvalue weighted by molar-refractivity contribution is 5.79. The van der Waals surface area contributed by atoms with Gasteiger partial charge in [-0.3, -0.25) is 9.69 Å². The molecule has 1 fully saturated rings. The van der Waals surface area contributed by atoms with E-state index >= 15 is 0 Å². The van der Waals surface area contributed by atoms with Gasteiger partial charge in [-0.2, -0.15) is 4.98 Å². The Hall–Kier alpha value is -2.99. The third-order valence-corrected chi connectivity index (χ3v) is 6.66. The molecule has 1 unspecified atom stereocenters. The molecule has 1 aliphatic heterocycles. The molecule has 1 atom stereocenters. The Balaban J connectivity index is 1.32. The molecular formula is C27H34N4O2. The highest BCUT2D eigenvalue weighted by Gasteiger charge is 2.29. The van der Waals surface area contributed by atoms with Crippen molar-refractivity contribution in [1.82, 2.24) is 20.4 Å². The third kappa shape index (κ3) is 5.50. The molecule has 1 aromatic heterocycles. The van der Waals surface area contributed by atoms with Crippen LogP contribution in [0.5, 0.6) is 0 Å². The zero-order valence-corrected chi connectivity index (χ0v) is 20.0. The average molecular weight is 447 g/mol. The predicted octanol–water partition coefficient (Wildman–Crippen LogP) is 5.08. The second kappa shape index (κ2) is 10.3. The van der Waals surface area contributed by atoms with E-state index < -0.39 is 0 Å². The van der Waals surface area contributed by atoms with E-state index in [1.54, 1.807) is 0 Å². The molecule has 0 bridgehead atoms. The van der Waals surface area contributed by atoms with Gasteiger partial charge in [0.15, 0.2) is 0 Å². The van der Waals surface area contributed by atoms with Crippen LogP contribution in [-0.2, 0) is 11.3 Å². The summed E-state index contributed by atoms with van der Waals surface area (Å²) in [7, 11) is 0. The summed E-state index contributed by atoms with van der Waals surface area (Å²) < 4.78 is 5.51. The predicted molar refractivity (Wildman–Crippen MR) is 129 cm³/mol. The van der Waals surface area contributed by atoms with Crippen molar-refractivity contribution in [2.24, 2.45) is 11.8 Å². The van der Waals surface area contributed by atoms with Crippen molar-refractivity contribution in [3.05, 3.63) is 71.1 Å². The molecule has 0 spiro atoms. The van der Waals surface area contributed by atoms with Crippen molar-refractivity contribution in [2.75, 3.05) is 13.1 Å². The molecule has 2 aromatic carbocycles. The quantitative estimate of drug-likeness (QED) is 0.548. The first kappa shape index (κ1) is 23.2. The fraction of sp³-hybridized carbons (Fsp3) is 0.444. The molecule has 2 heterocycles. The van der Waals surface area contributed by atoms with Crippen LogP contribution in [0.1, 0.15) is 55.3 Å². The summed E-state index contributed by atoms with van der Waals surface area (Å²) in [5.74, 6) is 1.78. The Morgan fingerprint density at radius 3 is 2.39 bits per heavy atom. The number of benzene rings is 2. The number of piperidine rings is 1. The summed E-state index contributed by atoms with van der Waals surface area (Å²) in [6, 6.07) is 16.4. The zero-order chi connectivity index (χ0) is 23.4. The normalized spacial score (nSPS) is 16.2. The number of hydrogen-bond acceptors (Lipinski definition) is 5. The maximum absolute atomic E-state index is 13.1. The lowest BCUT2D eigenvalue weighted by Crippen LogP contribution is -2.42. The molecular weight excluding hydrogens is 412 g/mol.